The molecule has 1 N–H and O–H groups in total. The summed E-state index contributed by atoms with van der Waals surface area (Å²) in [4.78, 5) is 15.9. The number of carbonyl (C=O) groups is 1. The van der Waals surface area contributed by atoms with Crippen molar-refractivity contribution in [1.29, 1.82) is 0 Å². The maximum absolute atomic E-state index is 11.8. The number of alkyl carbamates (subject to hydrolysis) is 1. The average molecular weight is 385 g/mol. The third-order valence-corrected chi connectivity index (χ3v) is 3.33. The Morgan fingerprint density at radius 3 is 2.39 bits per heavy atom. The largest absolute Gasteiger partial charge is 0.494 e. The van der Waals surface area contributed by atoms with Crippen LogP contribution < -0.4 is 10.1 Å². The Balaban J connectivity index is 2.60. The number of amides is 1. The van der Waals surface area contributed by atoms with E-state index in [1.807, 2.05) is 45.0 Å². The summed E-state index contributed by atoms with van der Waals surface area (Å²) >= 11 is 3.39. The van der Waals surface area contributed by atoms with Crippen molar-refractivity contribution in [2.75, 3.05) is 19.0 Å². The first-order valence-corrected chi connectivity index (χ1v) is 8.74. The van der Waals surface area contributed by atoms with Gasteiger partial charge in [-0.15, -0.1) is 0 Å². The molecule has 0 atom stereocenters. The number of hydrogen-bond acceptors (Lipinski definition) is 4. The number of ether oxygens (including phenoxy) is 2. The van der Waals surface area contributed by atoms with Gasteiger partial charge in [-0.05, 0) is 57.9 Å². The summed E-state index contributed by atoms with van der Waals surface area (Å²) < 4.78 is 10.9. The van der Waals surface area contributed by atoms with E-state index >= 15 is 0 Å². The minimum atomic E-state index is -0.546. The number of nitrogens with zero attached hydrogens (tertiary/aromatic N) is 1. The lowest BCUT2D eigenvalue weighted by Crippen LogP contribution is -2.36. The second kappa shape index (κ2) is 9.55. The number of amidine groups is 1. The number of hydrogen-bond donors (Lipinski definition) is 1. The molecule has 6 heteroatoms. The van der Waals surface area contributed by atoms with E-state index in [0.717, 1.165) is 29.5 Å². The first-order valence-electron chi connectivity index (χ1n) is 7.61. The molecule has 0 spiro atoms. The lowest BCUT2D eigenvalue weighted by atomic mass is 10.2. The molecule has 5 nitrogen and oxygen atoms in total. The molecule has 1 aromatic rings. The minimum absolute atomic E-state index is 0.463. The third-order valence-electron chi connectivity index (χ3n) is 2.77. The Morgan fingerprint density at radius 2 is 1.87 bits per heavy atom. The molecule has 0 saturated carbocycles. The van der Waals surface area contributed by atoms with E-state index in [9.17, 15) is 4.79 Å². The third kappa shape index (κ3) is 8.02. The lowest BCUT2D eigenvalue weighted by Gasteiger charge is -2.20. The molecule has 0 aliphatic rings. The second-order valence-corrected chi connectivity index (χ2v) is 6.76. The molecule has 0 aliphatic heterocycles. The van der Waals surface area contributed by atoms with Gasteiger partial charge in [0.25, 0.3) is 0 Å². The van der Waals surface area contributed by atoms with Gasteiger partial charge in [-0.25, -0.2) is 4.79 Å². The van der Waals surface area contributed by atoms with Crippen LogP contribution in [0.5, 0.6) is 5.75 Å². The first kappa shape index (κ1) is 19.5. The van der Waals surface area contributed by atoms with Crippen LogP contribution in [-0.4, -0.2) is 36.5 Å². The molecule has 0 unspecified atom stereocenters. The van der Waals surface area contributed by atoms with E-state index < -0.39 is 11.7 Å². The number of unbranched alkanes of at least 4 members (excludes halogenated alkanes) is 1. The van der Waals surface area contributed by atoms with Crippen molar-refractivity contribution in [3.05, 3.63) is 29.8 Å². The van der Waals surface area contributed by atoms with Gasteiger partial charge in [0.2, 0.25) is 0 Å². The fraction of sp³-hybridized carbons (Fsp3) is 0.529. The summed E-state index contributed by atoms with van der Waals surface area (Å²) in [5.41, 5.74) is 0.252. The predicted molar refractivity (Wildman–Crippen MR) is 96.8 cm³/mol. The molecule has 1 rings (SSSR count). The number of carbonyl (C=O) groups excluding carboxylic acids is 1. The first-order chi connectivity index (χ1) is 10.9. The number of nitrogens with one attached hydrogen (secondary N) is 1. The van der Waals surface area contributed by atoms with E-state index in [2.05, 4.69) is 26.2 Å². The average Bonchev–Trinajstić information content (AvgIpc) is 2.48. The minimum Gasteiger partial charge on any atom is -0.494 e. The molecule has 0 aromatic heterocycles. The van der Waals surface area contributed by atoms with E-state index in [1.165, 1.54) is 0 Å². The van der Waals surface area contributed by atoms with Crippen molar-refractivity contribution in [3.63, 3.8) is 0 Å². The molecule has 1 aromatic carbocycles. The van der Waals surface area contributed by atoms with Gasteiger partial charge in [0.05, 0.1) is 6.61 Å². The standard InChI is InChI=1S/C17H25BrN2O3/c1-17(2,3)23-16(21)20-15(19-4)13-7-9-14(10-8-13)22-12-6-5-11-18/h7-10H,5-6,11-12H2,1-4H3,(H,19,20,21). The molecule has 0 aliphatic carbocycles. The van der Waals surface area contributed by atoms with Gasteiger partial charge in [-0.2, -0.15) is 0 Å². The summed E-state index contributed by atoms with van der Waals surface area (Å²) in [6.45, 7) is 6.14. The Bertz CT molecular complexity index is 522. The zero-order chi connectivity index (χ0) is 17.3. The molecule has 128 valence electrons. The van der Waals surface area contributed by atoms with Crippen LogP contribution >= 0.6 is 15.9 Å². The van der Waals surface area contributed by atoms with Gasteiger partial charge in [0, 0.05) is 17.9 Å². The zero-order valence-corrected chi connectivity index (χ0v) is 15.8. The van der Waals surface area contributed by atoms with E-state index in [1.54, 1.807) is 7.05 Å². The Kier molecular flexibility index (Phi) is 8.09. The molecule has 0 bridgehead atoms. The van der Waals surface area contributed by atoms with Crippen LogP contribution in [0, 0.1) is 0 Å². The van der Waals surface area contributed by atoms with Gasteiger partial charge in [0.1, 0.15) is 17.2 Å². The molecule has 1 amide bonds. The molecular weight excluding hydrogens is 360 g/mol. The number of aliphatic imine (C=N–C) groups is 1. The highest BCUT2D eigenvalue weighted by atomic mass is 79.9. The summed E-state index contributed by atoms with van der Waals surface area (Å²) in [7, 11) is 1.62. The lowest BCUT2D eigenvalue weighted by molar-refractivity contribution is 0.0563. The highest BCUT2D eigenvalue weighted by Gasteiger charge is 2.17. The predicted octanol–water partition coefficient (Wildman–Crippen LogP) is 4.14. The Hall–Kier alpha value is -1.56. The van der Waals surface area contributed by atoms with Crippen LogP contribution in [-0.2, 0) is 4.74 Å². The van der Waals surface area contributed by atoms with Gasteiger partial charge in [-0.1, -0.05) is 15.9 Å². The smallest absolute Gasteiger partial charge is 0.413 e. The topological polar surface area (TPSA) is 59.9 Å². The number of alkyl halides is 1. The monoisotopic (exact) mass is 384 g/mol. The van der Waals surface area contributed by atoms with Crippen molar-refractivity contribution in [3.8, 4) is 5.75 Å². The van der Waals surface area contributed by atoms with Crippen molar-refractivity contribution < 1.29 is 14.3 Å². The van der Waals surface area contributed by atoms with E-state index in [0.29, 0.717) is 12.4 Å². The van der Waals surface area contributed by atoms with Crippen LogP contribution in [0.3, 0.4) is 0 Å². The van der Waals surface area contributed by atoms with Crippen LogP contribution in [0.1, 0.15) is 39.2 Å². The van der Waals surface area contributed by atoms with Crippen LogP contribution in [0.15, 0.2) is 29.3 Å². The van der Waals surface area contributed by atoms with Gasteiger partial charge < -0.3 is 9.47 Å². The number of benzene rings is 1. The van der Waals surface area contributed by atoms with Crippen LogP contribution in [0.4, 0.5) is 4.79 Å². The van der Waals surface area contributed by atoms with Crippen molar-refractivity contribution >= 4 is 27.9 Å². The molecular formula is C17H25BrN2O3. The number of rotatable bonds is 6. The molecule has 23 heavy (non-hydrogen) atoms. The van der Waals surface area contributed by atoms with E-state index in [-0.39, 0.29) is 0 Å². The molecule has 0 saturated heterocycles. The van der Waals surface area contributed by atoms with Gasteiger partial charge in [-0.3, -0.25) is 10.3 Å². The highest BCUT2D eigenvalue weighted by Crippen LogP contribution is 2.14. The second-order valence-electron chi connectivity index (χ2n) is 5.97. The maximum Gasteiger partial charge on any atom is 0.413 e. The van der Waals surface area contributed by atoms with Gasteiger partial charge >= 0.3 is 6.09 Å². The molecule has 0 heterocycles. The van der Waals surface area contributed by atoms with Crippen molar-refractivity contribution in [2.24, 2.45) is 4.99 Å². The molecule has 0 radical (unpaired) electrons. The van der Waals surface area contributed by atoms with Gasteiger partial charge in [0.15, 0.2) is 0 Å². The van der Waals surface area contributed by atoms with Crippen molar-refractivity contribution in [2.45, 2.75) is 39.2 Å². The summed E-state index contributed by atoms with van der Waals surface area (Å²) in [6, 6.07) is 7.45. The van der Waals surface area contributed by atoms with Crippen LogP contribution in [0.25, 0.3) is 0 Å². The Morgan fingerprint density at radius 1 is 1.22 bits per heavy atom. The van der Waals surface area contributed by atoms with Crippen molar-refractivity contribution in [1.82, 2.24) is 5.32 Å². The summed E-state index contributed by atoms with van der Waals surface area (Å²) in [5, 5.41) is 3.65. The quantitative estimate of drug-likeness (QED) is 0.347. The summed E-state index contributed by atoms with van der Waals surface area (Å²) in [6.07, 6.45) is 1.58. The normalized spacial score (nSPS) is 12.0. The summed E-state index contributed by atoms with van der Waals surface area (Å²) in [5.74, 6) is 1.26. The highest BCUT2D eigenvalue weighted by molar-refractivity contribution is 9.09. The Labute approximate surface area is 146 Å². The fourth-order valence-electron chi connectivity index (χ4n) is 1.75. The van der Waals surface area contributed by atoms with E-state index in [4.69, 9.17) is 9.47 Å². The van der Waals surface area contributed by atoms with Crippen LogP contribution in [0.2, 0.25) is 0 Å². The fourth-order valence-corrected chi connectivity index (χ4v) is 2.15. The molecule has 0 fully saturated rings. The number of halogens is 1. The SMILES string of the molecule is CN=C(NC(=O)OC(C)(C)C)c1ccc(OCCCCBr)cc1. The zero-order valence-electron chi connectivity index (χ0n) is 14.2. The maximum atomic E-state index is 11.8.